The molecule has 1 saturated heterocycles. The van der Waals surface area contributed by atoms with Crippen LogP contribution >= 0.6 is 0 Å². The second-order valence-electron chi connectivity index (χ2n) is 8.34. The monoisotopic (exact) mass is 495 g/mol. The lowest BCUT2D eigenvalue weighted by molar-refractivity contribution is 0.0360. The maximum absolute atomic E-state index is 11.3. The molecular weight excluding hydrogens is 468 g/mol. The van der Waals surface area contributed by atoms with Crippen LogP contribution in [0, 0.1) is 0 Å². The third-order valence-electron chi connectivity index (χ3n) is 5.97. The molecule has 4 aromatic rings. The van der Waals surface area contributed by atoms with Gasteiger partial charge in [0.25, 0.3) is 0 Å². The lowest BCUT2D eigenvalue weighted by Crippen LogP contribution is -2.38. The van der Waals surface area contributed by atoms with Crippen LogP contribution in [0.4, 0.5) is 11.8 Å². The zero-order chi connectivity index (χ0) is 24.2. The van der Waals surface area contributed by atoms with Gasteiger partial charge in [0.05, 0.1) is 37.2 Å². The van der Waals surface area contributed by atoms with Crippen molar-refractivity contribution in [3.63, 3.8) is 0 Å². The summed E-state index contributed by atoms with van der Waals surface area (Å²) < 4.78 is 33.0. The summed E-state index contributed by atoms with van der Waals surface area (Å²) in [5, 5.41) is 12.5. The first-order valence-electron chi connectivity index (χ1n) is 11.4. The predicted octanol–water partition coefficient (Wildman–Crippen LogP) is 1.89. The van der Waals surface area contributed by atoms with Crippen LogP contribution in [0.5, 0.6) is 0 Å². The van der Waals surface area contributed by atoms with Crippen LogP contribution in [0.15, 0.2) is 54.9 Å². The number of ether oxygens (including phenoxy) is 1. The zero-order valence-corrected chi connectivity index (χ0v) is 20.2. The van der Waals surface area contributed by atoms with E-state index in [2.05, 4.69) is 25.4 Å². The predicted molar refractivity (Wildman–Crippen MR) is 132 cm³/mol. The fourth-order valence-electron chi connectivity index (χ4n) is 4.10. The van der Waals surface area contributed by atoms with Gasteiger partial charge in [0.2, 0.25) is 5.95 Å². The van der Waals surface area contributed by atoms with E-state index in [0.717, 1.165) is 61.7 Å². The maximum Gasteiger partial charge on any atom is 0.246 e. The molecule has 184 valence electrons. The fourth-order valence-corrected chi connectivity index (χ4v) is 4.34. The molecule has 0 bridgehead atoms. The van der Waals surface area contributed by atoms with E-state index in [9.17, 15) is 8.76 Å². The van der Waals surface area contributed by atoms with E-state index in [1.165, 1.54) is 4.31 Å². The normalized spacial score (nSPS) is 15.6. The zero-order valence-electron chi connectivity index (χ0n) is 19.4. The molecule has 1 aliphatic rings. The van der Waals surface area contributed by atoms with E-state index in [1.54, 1.807) is 17.8 Å². The summed E-state index contributed by atoms with van der Waals surface area (Å²) in [5.74, 6) is 1.09. The molecule has 1 unspecified atom stereocenters. The molecule has 4 heterocycles. The Morgan fingerprint density at radius 2 is 1.94 bits per heavy atom. The van der Waals surface area contributed by atoms with E-state index in [-0.39, 0.29) is 6.54 Å². The smallest absolute Gasteiger partial charge is 0.246 e. The lowest BCUT2D eigenvalue weighted by atomic mass is 10.0. The lowest BCUT2D eigenvalue weighted by Gasteiger charge is -2.26. The van der Waals surface area contributed by atoms with Crippen LogP contribution in [0.25, 0.3) is 16.8 Å². The highest BCUT2D eigenvalue weighted by Gasteiger charge is 2.14. The maximum atomic E-state index is 11.3. The Balaban J connectivity index is 1.33. The van der Waals surface area contributed by atoms with Crippen molar-refractivity contribution in [3.05, 3.63) is 60.4 Å². The Labute approximate surface area is 205 Å². The highest BCUT2D eigenvalue weighted by molar-refractivity contribution is 7.76. The molecule has 5 rings (SSSR count). The summed E-state index contributed by atoms with van der Waals surface area (Å²) in [6.45, 7) is 5.45. The van der Waals surface area contributed by atoms with Crippen molar-refractivity contribution >= 4 is 28.5 Å². The van der Waals surface area contributed by atoms with E-state index >= 15 is 0 Å². The number of morpholine rings is 1. The third kappa shape index (κ3) is 5.57. The van der Waals surface area contributed by atoms with Gasteiger partial charge < -0.3 is 14.6 Å². The van der Waals surface area contributed by atoms with Gasteiger partial charge in [0.15, 0.2) is 5.82 Å². The van der Waals surface area contributed by atoms with Gasteiger partial charge in [-0.05, 0) is 24.7 Å². The number of benzene rings is 1. The highest BCUT2D eigenvalue weighted by atomic mass is 32.2. The number of anilines is 2. The second kappa shape index (κ2) is 10.6. The van der Waals surface area contributed by atoms with Crippen LogP contribution in [-0.4, -0.2) is 82.2 Å². The molecule has 0 aliphatic carbocycles. The minimum absolute atomic E-state index is 0.262. The molecular formula is C23H27N8O3S-. The molecule has 3 aromatic heterocycles. The topological polar surface area (TPSA) is 116 Å². The second-order valence-corrected chi connectivity index (χ2v) is 9.40. The summed E-state index contributed by atoms with van der Waals surface area (Å²) >= 11 is -2.30. The Bertz CT molecular complexity index is 1320. The molecule has 12 heteroatoms. The summed E-state index contributed by atoms with van der Waals surface area (Å²) in [5.41, 5.74) is 3.47. The van der Waals surface area contributed by atoms with Crippen LogP contribution in [-0.2, 0) is 29.1 Å². The van der Waals surface area contributed by atoms with E-state index in [0.29, 0.717) is 11.8 Å². The Morgan fingerprint density at radius 1 is 1.11 bits per heavy atom. The van der Waals surface area contributed by atoms with Crippen LogP contribution < -0.4 is 5.32 Å². The van der Waals surface area contributed by atoms with E-state index < -0.39 is 11.3 Å². The fraction of sp³-hybridized carbons (Fsp3) is 0.348. The quantitative estimate of drug-likeness (QED) is 0.350. The minimum atomic E-state index is -2.30. The molecule has 0 radical (unpaired) electrons. The molecule has 1 fully saturated rings. The minimum Gasteiger partial charge on any atom is -0.760 e. The standard InChI is InChI=1S/C23H28N8O3S/c1-28(35(32)33)17-18-4-2-3-5-20(18)21-7-6-19-16-24-23(27-31(19)21)25-22-8-9-30(26-22)11-10-29-12-14-34-15-13-29/h2-9,16H,10-15,17H2,1H3,(H,32,33)(H,25,26,27)/p-1. The van der Waals surface area contributed by atoms with Crippen molar-refractivity contribution in [1.29, 1.82) is 0 Å². The van der Waals surface area contributed by atoms with Crippen molar-refractivity contribution in [1.82, 2.24) is 33.6 Å². The molecule has 1 aliphatic heterocycles. The van der Waals surface area contributed by atoms with Crippen LogP contribution in [0.3, 0.4) is 0 Å². The number of nitrogens with zero attached hydrogens (tertiary/aromatic N) is 7. The third-order valence-corrected chi connectivity index (χ3v) is 6.61. The van der Waals surface area contributed by atoms with Gasteiger partial charge in [-0.3, -0.25) is 13.8 Å². The van der Waals surface area contributed by atoms with Crippen molar-refractivity contribution < 1.29 is 13.5 Å². The molecule has 1 aromatic carbocycles. The highest BCUT2D eigenvalue weighted by Crippen LogP contribution is 2.27. The van der Waals surface area contributed by atoms with Gasteiger partial charge in [-0.2, -0.15) is 5.10 Å². The van der Waals surface area contributed by atoms with Crippen molar-refractivity contribution in [2.75, 3.05) is 45.2 Å². The average Bonchev–Trinajstić information content (AvgIpc) is 3.50. The number of rotatable bonds is 9. The summed E-state index contributed by atoms with van der Waals surface area (Å²) in [4.78, 5) is 6.80. The summed E-state index contributed by atoms with van der Waals surface area (Å²) in [6, 6.07) is 13.5. The van der Waals surface area contributed by atoms with Gasteiger partial charge in [-0.15, -0.1) is 5.10 Å². The Morgan fingerprint density at radius 3 is 2.77 bits per heavy atom. The van der Waals surface area contributed by atoms with Crippen molar-refractivity contribution in [2.24, 2.45) is 0 Å². The average molecular weight is 496 g/mol. The van der Waals surface area contributed by atoms with Gasteiger partial charge in [-0.25, -0.2) is 13.8 Å². The first-order valence-corrected chi connectivity index (χ1v) is 12.4. The molecule has 1 atom stereocenters. The molecule has 11 nitrogen and oxygen atoms in total. The Hall–Kier alpha value is -3.16. The first-order chi connectivity index (χ1) is 17.1. The van der Waals surface area contributed by atoms with Crippen LogP contribution in [0.2, 0.25) is 0 Å². The molecule has 1 N–H and O–H groups in total. The van der Waals surface area contributed by atoms with Gasteiger partial charge in [0.1, 0.15) is 0 Å². The number of nitrogens with one attached hydrogen (secondary N) is 1. The number of hydrogen-bond donors (Lipinski definition) is 1. The molecule has 35 heavy (non-hydrogen) atoms. The number of hydrogen-bond acceptors (Lipinski definition) is 8. The van der Waals surface area contributed by atoms with E-state index in [1.807, 2.05) is 53.3 Å². The summed E-state index contributed by atoms with van der Waals surface area (Å²) in [7, 11) is 1.54. The Kier molecular flexibility index (Phi) is 7.16. The number of aromatic nitrogens is 5. The van der Waals surface area contributed by atoms with Gasteiger partial charge >= 0.3 is 0 Å². The first kappa shape index (κ1) is 23.6. The summed E-state index contributed by atoms with van der Waals surface area (Å²) in [6.07, 6.45) is 3.69. The largest absolute Gasteiger partial charge is 0.760 e. The van der Waals surface area contributed by atoms with Gasteiger partial charge in [0, 0.05) is 55.3 Å². The van der Waals surface area contributed by atoms with Crippen LogP contribution in [0.1, 0.15) is 5.56 Å². The molecule has 0 saturated carbocycles. The molecule has 0 spiro atoms. The van der Waals surface area contributed by atoms with E-state index in [4.69, 9.17) is 4.74 Å². The molecule has 0 amide bonds. The van der Waals surface area contributed by atoms with Crippen molar-refractivity contribution in [3.8, 4) is 11.3 Å². The number of fused-ring (bicyclic) bond motifs is 1. The SMILES string of the molecule is CN(Cc1ccccc1-c1ccc2cnc(Nc3ccn(CCN4CCOCC4)n3)nn12)S(=O)[O-]. The van der Waals surface area contributed by atoms with Gasteiger partial charge in [-0.1, -0.05) is 24.3 Å². The van der Waals surface area contributed by atoms with Crippen molar-refractivity contribution in [2.45, 2.75) is 13.1 Å².